The van der Waals surface area contributed by atoms with Gasteiger partial charge in [0.15, 0.2) is 5.69 Å². The molecule has 0 aliphatic carbocycles. The minimum Gasteiger partial charge on any atom is -0.489 e. The summed E-state index contributed by atoms with van der Waals surface area (Å²) in [6, 6.07) is 6.08. The van der Waals surface area contributed by atoms with Crippen LogP contribution in [0.3, 0.4) is 0 Å². The van der Waals surface area contributed by atoms with Crippen LogP contribution in [-0.4, -0.2) is 89.4 Å². The van der Waals surface area contributed by atoms with Gasteiger partial charge in [-0.05, 0) is 57.5 Å². The van der Waals surface area contributed by atoms with Gasteiger partial charge in [0.1, 0.15) is 11.9 Å². The average molecular weight is 415 g/mol. The number of aromatic nitrogens is 2. The van der Waals surface area contributed by atoms with Crippen molar-refractivity contribution in [2.45, 2.75) is 31.4 Å². The molecule has 3 N–H and O–H groups in total. The van der Waals surface area contributed by atoms with Gasteiger partial charge in [0.25, 0.3) is 12.4 Å². The molecule has 162 valence electrons. The number of likely N-dealkylation sites (tertiary alicyclic amines) is 1. The van der Waals surface area contributed by atoms with Gasteiger partial charge in [0, 0.05) is 37.1 Å². The monoisotopic (exact) mass is 415 g/mol. The van der Waals surface area contributed by atoms with Crippen LogP contribution in [0.1, 0.15) is 29.8 Å². The Hall–Kier alpha value is -2.65. The van der Waals surface area contributed by atoms with E-state index in [0.29, 0.717) is 11.6 Å². The van der Waals surface area contributed by atoms with E-state index in [1.807, 2.05) is 18.2 Å². The van der Waals surface area contributed by atoms with Crippen LogP contribution >= 0.6 is 0 Å². The Labute approximate surface area is 175 Å². The molecule has 4 saturated heterocycles. The van der Waals surface area contributed by atoms with Gasteiger partial charge in [-0.15, -0.1) is 0 Å². The minimum atomic E-state index is -0.250. The van der Waals surface area contributed by atoms with Gasteiger partial charge in [-0.3, -0.25) is 14.7 Å². The summed E-state index contributed by atoms with van der Waals surface area (Å²) in [5, 5.41) is 18.3. The zero-order chi connectivity index (χ0) is 21.1. The molecule has 9 heteroatoms. The van der Waals surface area contributed by atoms with Crippen LogP contribution in [0, 0.1) is 5.92 Å². The van der Waals surface area contributed by atoms with Gasteiger partial charge in [0.2, 0.25) is 0 Å². The highest BCUT2D eigenvalue weighted by atomic mass is 16.5. The molecule has 2 bridgehead atoms. The third-order valence-electron chi connectivity index (χ3n) is 6.37. The molecule has 2 atom stereocenters. The van der Waals surface area contributed by atoms with E-state index in [1.165, 1.54) is 25.9 Å². The maximum Gasteiger partial charge on any atom is 0.290 e. The van der Waals surface area contributed by atoms with Crippen molar-refractivity contribution in [3.05, 3.63) is 23.9 Å². The van der Waals surface area contributed by atoms with Crippen LogP contribution in [0.4, 0.5) is 0 Å². The van der Waals surface area contributed by atoms with Gasteiger partial charge < -0.3 is 25.0 Å². The lowest BCUT2D eigenvalue weighted by molar-refractivity contribution is -0.122. The van der Waals surface area contributed by atoms with Crippen LogP contribution in [0.15, 0.2) is 18.2 Å². The molecule has 0 radical (unpaired) electrons. The normalized spacial score (nSPS) is 28.0. The van der Waals surface area contributed by atoms with E-state index in [4.69, 9.17) is 14.6 Å². The number of fused-ring (bicyclic) bond motifs is 4. The topological polar surface area (TPSA) is 111 Å². The number of hydrogen-bond donors (Lipinski definition) is 3. The molecule has 4 aliphatic rings. The van der Waals surface area contributed by atoms with Crippen LogP contribution in [0.25, 0.3) is 10.9 Å². The molecule has 4 aliphatic heterocycles. The number of aromatic amines is 1. The molecule has 0 saturated carbocycles. The smallest absolute Gasteiger partial charge is 0.290 e. The minimum absolute atomic E-state index is 0.0777. The Morgan fingerprint density at radius 1 is 1.27 bits per heavy atom. The molecular weight excluding hydrogens is 386 g/mol. The third-order valence-corrected chi connectivity index (χ3v) is 6.37. The summed E-state index contributed by atoms with van der Waals surface area (Å²) in [6.45, 7) is 5.07. The molecule has 1 aromatic heterocycles. The van der Waals surface area contributed by atoms with E-state index in [2.05, 4.69) is 32.4 Å². The first-order valence-corrected chi connectivity index (χ1v) is 10.5. The average Bonchev–Trinajstić information content (AvgIpc) is 3.35. The molecule has 2 aromatic rings. The van der Waals surface area contributed by atoms with Crippen LogP contribution < -0.4 is 10.1 Å². The SMILES string of the molecule is CN1CCC(Oc2ccc3c(C(=O)N[C@@H]4CN5CCC4CC5)n[nH]c3c2)C1.O=CO. The second-order valence-electron chi connectivity index (χ2n) is 8.39. The molecule has 30 heavy (non-hydrogen) atoms. The lowest BCUT2D eigenvalue weighted by Crippen LogP contribution is -2.57. The van der Waals surface area contributed by atoms with E-state index in [-0.39, 0.29) is 24.5 Å². The Bertz CT molecular complexity index is 893. The highest BCUT2D eigenvalue weighted by molar-refractivity contribution is 6.05. The Morgan fingerprint density at radius 2 is 2.03 bits per heavy atom. The Kier molecular flexibility index (Phi) is 6.19. The molecule has 1 aromatic carbocycles. The number of hydrogen-bond acceptors (Lipinski definition) is 6. The van der Waals surface area contributed by atoms with Gasteiger partial charge in [0.05, 0.1) is 5.52 Å². The number of carboxylic acid groups (broad SMARTS) is 1. The van der Waals surface area contributed by atoms with Crippen molar-refractivity contribution in [2.24, 2.45) is 5.92 Å². The van der Waals surface area contributed by atoms with Crippen molar-refractivity contribution in [3.63, 3.8) is 0 Å². The standard InChI is InChI=1S/C20H27N5O2.CH2O2/c1-24-7-6-15(11-24)27-14-2-3-16-17(10-14)22-23-19(16)20(26)21-18-12-25-8-4-13(18)5-9-25;2-1-3/h2-3,10,13,15,18H,4-9,11-12H2,1H3,(H,21,26)(H,22,23);1H,(H,2,3)/t15?,18-;/m1./s1. The largest absolute Gasteiger partial charge is 0.489 e. The number of amides is 1. The van der Waals surface area contributed by atoms with Crippen LogP contribution in [0.2, 0.25) is 0 Å². The number of H-pyrrole nitrogens is 1. The molecule has 0 spiro atoms. The number of carbonyl (C=O) groups is 2. The van der Waals surface area contributed by atoms with E-state index < -0.39 is 0 Å². The second-order valence-corrected chi connectivity index (χ2v) is 8.39. The number of piperidine rings is 3. The highest BCUT2D eigenvalue weighted by Gasteiger charge is 2.35. The van der Waals surface area contributed by atoms with Gasteiger partial charge in [-0.1, -0.05) is 0 Å². The van der Waals surface area contributed by atoms with E-state index in [1.54, 1.807) is 0 Å². The van der Waals surface area contributed by atoms with Gasteiger partial charge in [-0.2, -0.15) is 5.10 Å². The number of carbonyl (C=O) groups excluding carboxylic acids is 1. The number of likely N-dealkylation sites (N-methyl/N-ethyl adjacent to an activating group) is 1. The molecule has 6 rings (SSSR count). The van der Waals surface area contributed by atoms with Crippen molar-refractivity contribution in [2.75, 3.05) is 39.8 Å². The fourth-order valence-electron chi connectivity index (χ4n) is 4.79. The van der Waals surface area contributed by atoms with Crippen molar-refractivity contribution in [3.8, 4) is 5.75 Å². The van der Waals surface area contributed by atoms with Gasteiger partial charge in [-0.25, -0.2) is 0 Å². The lowest BCUT2D eigenvalue weighted by Gasteiger charge is -2.44. The first-order valence-electron chi connectivity index (χ1n) is 10.5. The fourth-order valence-corrected chi connectivity index (χ4v) is 4.79. The summed E-state index contributed by atoms with van der Waals surface area (Å²) in [6.07, 6.45) is 3.65. The quantitative estimate of drug-likeness (QED) is 0.643. The molecule has 5 heterocycles. The van der Waals surface area contributed by atoms with Crippen molar-refractivity contribution in [1.82, 2.24) is 25.3 Å². The summed E-state index contributed by atoms with van der Waals surface area (Å²) in [5.41, 5.74) is 1.33. The summed E-state index contributed by atoms with van der Waals surface area (Å²) in [7, 11) is 2.11. The maximum absolute atomic E-state index is 12.8. The van der Waals surface area contributed by atoms with Gasteiger partial charge >= 0.3 is 0 Å². The summed E-state index contributed by atoms with van der Waals surface area (Å²) < 4.78 is 6.08. The predicted octanol–water partition coefficient (Wildman–Crippen LogP) is 1.17. The molecule has 9 nitrogen and oxygen atoms in total. The lowest BCUT2D eigenvalue weighted by atomic mass is 9.84. The zero-order valence-electron chi connectivity index (χ0n) is 17.2. The molecule has 1 amide bonds. The van der Waals surface area contributed by atoms with Crippen molar-refractivity contribution >= 4 is 23.3 Å². The Morgan fingerprint density at radius 3 is 2.67 bits per heavy atom. The summed E-state index contributed by atoms with van der Waals surface area (Å²) >= 11 is 0. The maximum atomic E-state index is 12.8. The molecular formula is C21H29N5O4. The van der Waals surface area contributed by atoms with Crippen LogP contribution in [-0.2, 0) is 4.79 Å². The number of nitrogens with zero attached hydrogens (tertiary/aromatic N) is 3. The number of benzene rings is 1. The number of rotatable bonds is 4. The second kappa shape index (κ2) is 9.01. The highest BCUT2D eigenvalue weighted by Crippen LogP contribution is 2.28. The number of ether oxygens (including phenoxy) is 1. The summed E-state index contributed by atoms with van der Waals surface area (Å²) in [5.74, 6) is 1.36. The third kappa shape index (κ3) is 4.41. The Balaban J connectivity index is 0.000000687. The van der Waals surface area contributed by atoms with Crippen molar-refractivity contribution < 1.29 is 19.4 Å². The predicted molar refractivity (Wildman–Crippen MR) is 112 cm³/mol. The number of nitrogens with one attached hydrogen (secondary N) is 2. The zero-order valence-corrected chi connectivity index (χ0v) is 17.2. The molecule has 4 fully saturated rings. The van der Waals surface area contributed by atoms with E-state index >= 15 is 0 Å². The summed E-state index contributed by atoms with van der Waals surface area (Å²) in [4.78, 5) is 25.9. The molecule has 1 unspecified atom stereocenters. The van der Waals surface area contributed by atoms with Crippen molar-refractivity contribution in [1.29, 1.82) is 0 Å². The first-order chi connectivity index (χ1) is 14.6. The fraction of sp³-hybridized carbons (Fsp3) is 0.571. The van der Waals surface area contributed by atoms with E-state index in [9.17, 15) is 4.79 Å². The van der Waals surface area contributed by atoms with Crippen LogP contribution in [0.5, 0.6) is 5.75 Å². The van der Waals surface area contributed by atoms with E-state index in [0.717, 1.165) is 42.7 Å². The first kappa shape index (κ1) is 20.6.